The van der Waals surface area contributed by atoms with Crippen LogP contribution in [0.2, 0.25) is 0 Å². The molecule has 4 N–H and O–H groups in total. The highest BCUT2D eigenvalue weighted by molar-refractivity contribution is 8.77. The second-order valence-corrected chi connectivity index (χ2v) is 13.8. The molecular weight excluding hydrogens is 521 g/mol. The number of carbonyl (C=O) groups excluding carboxylic acids is 1. The maximum absolute atomic E-state index is 11.2. The van der Waals surface area contributed by atoms with Gasteiger partial charge in [-0.3, -0.25) is 9.59 Å². The molecule has 0 spiro atoms. The van der Waals surface area contributed by atoms with Gasteiger partial charge in [0.1, 0.15) is 18.8 Å². The molecule has 3 aliphatic heterocycles. The molecule has 0 amide bonds. The van der Waals surface area contributed by atoms with Gasteiger partial charge in [-0.05, 0) is 38.5 Å². The smallest absolute Gasteiger partial charge is 0.305 e. The van der Waals surface area contributed by atoms with Crippen molar-refractivity contribution in [3.63, 3.8) is 0 Å². The molecule has 0 bridgehead atoms. The van der Waals surface area contributed by atoms with E-state index in [0.29, 0.717) is 12.8 Å². The standard InChI is InChI=1S/C11H20O4S2.C8H14O2S2.C3H6O2/c12-7-9(13)8-15-11(14)4-2-1-3-10-5-6-16-17-10;9-8(10)4-2-1-3-7-5-6-11-12-7;4-1-3-2-5-3/h9-10,12-13H,1-8H2;7H,1-6H2,(H,9,10);3-4H,1-2H2/t9-,10+;7-;3-/m010/s1. The number of carboxylic acid groups (broad SMARTS) is 1. The van der Waals surface area contributed by atoms with Gasteiger partial charge in [0.05, 0.1) is 19.8 Å². The van der Waals surface area contributed by atoms with Crippen molar-refractivity contribution < 1.29 is 39.5 Å². The fourth-order valence-corrected chi connectivity index (χ4v) is 8.96. The average molecular weight is 561 g/mol. The minimum Gasteiger partial charge on any atom is -0.481 e. The topological polar surface area (TPSA) is 137 Å². The first-order valence-corrected chi connectivity index (χ1v) is 16.7. The van der Waals surface area contributed by atoms with Crippen LogP contribution in [0.15, 0.2) is 0 Å². The number of carbonyl (C=O) groups is 2. The molecule has 200 valence electrons. The molecule has 34 heavy (non-hydrogen) atoms. The summed E-state index contributed by atoms with van der Waals surface area (Å²) < 4.78 is 9.42. The van der Waals surface area contributed by atoms with Gasteiger partial charge in [0.25, 0.3) is 0 Å². The van der Waals surface area contributed by atoms with Crippen LogP contribution in [-0.2, 0) is 19.1 Å². The van der Waals surface area contributed by atoms with Crippen molar-refractivity contribution in [1.29, 1.82) is 0 Å². The van der Waals surface area contributed by atoms with Crippen molar-refractivity contribution in [2.24, 2.45) is 0 Å². The average Bonchev–Trinajstić information content (AvgIpc) is 3.28. The second kappa shape index (κ2) is 21.3. The first-order chi connectivity index (χ1) is 16.4. The molecule has 0 saturated carbocycles. The summed E-state index contributed by atoms with van der Waals surface area (Å²) in [6, 6.07) is 0. The fourth-order valence-electron chi connectivity index (χ4n) is 2.91. The van der Waals surface area contributed by atoms with E-state index < -0.39 is 12.1 Å². The summed E-state index contributed by atoms with van der Waals surface area (Å²) in [6.45, 7) is 0.477. The third-order valence-corrected chi connectivity index (χ3v) is 11.0. The van der Waals surface area contributed by atoms with Crippen molar-refractivity contribution in [3.05, 3.63) is 0 Å². The number of esters is 1. The lowest BCUT2D eigenvalue weighted by Crippen LogP contribution is -2.21. The molecule has 0 aliphatic carbocycles. The van der Waals surface area contributed by atoms with E-state index in [0.717, 1.165) is 42.8 Å². The van der Waals surface area contributed by atoms with Crippen LogP contribution in [-0.4, -0.2) is 93.0 Å². The number of aliphatic carboxylic acids is 1. The molecule has 3 rings (SSSR count). The molecule has 12 heteroatoms. The lowest BCUT2D eigenvalue weighted by atomic mass is 10.1. The van der Waals surface area contributed by atoms with Crippen LogP contribution in [0.25, 0.3) is 0 Å². The quantitative estimate of drug-likeness (QED) is 0.107. The number of rotatable bonds is 14. The predicted molar refractivity (Wildman–Crippen MR) is 142 cm³/mol. The number of aliphatic hydroxyl groups excluding tert-OH is 3. The van der Waals surface area contributed by atoms with Crippen LogP contribution in [0.3, 0.4) is 0 Å². The fraction of sp³-hybridized carbons (Fsp3) is 0.909. The van der Waals surface area contributed by atoms with Crippen LogP contribution >= 0.6 is 43.2 Å². The highest BCUT2D eigenvalue weighted by atomic mass is 33.1. The maximum Gasteiger partial charge on any atom is 0.305 e. The third kappa shape index (κ3) is 19.4. The van der Waals surface area contributed by atoms with E-state index in [1.165, 1.54) is 37.2 Å². The van der Waals surface area contributed by atoms with Gasteiger partial charge in [-0.2, -0.15) is 0 Å². The molecule has 3 heterocycles. The van der Waals surface area contributed by atoms with Gasteiger partial charge >= 0.3 is 11.9 Å². The molecule has 3 aliphatic rings. The largest absolute Gasteiger partial charge is 0.481 e. The summed E-state index contributed by atoms with van der Waals surface area (Å²) in [4.78, 5) is 21.4. The highest BCUT2D eigenvalue weighted by Crippen LogP contribution is 2.40. The number of unbranched alkanes of at least 4 members (excludes halogenated alkanes) is 2. The van der Waals surface area contributed by atoms with Crippen molar-refractivity contribution in [2.45, 2.75) is 86.9 Å². The first-order valence-electron chi connectivity index (χ1n) is 11.9. The van der Waals surface area contributed by atoms with Crippen LogP contribution in [0.4, 0.5) is 0 Å². The number of hydrogen-bond acceptors (Lipinski definition) is 11. The number of ether oxygens (including phenoxy) is 2. The van der Waals surface area contributed by atoms with Gasteiger partial charge in [-0.15, -0.1) is 0 Å². The Morgan fingerprint density at radius 2 is 1.50 bits per heavy atom. The molecule has 0 aromatic rings. The van der Waals surface area contributed by atoms with Gasteiger partial charge in [0, 0.05) is 34.8 Å². The third-order valence-electron chi connectivity index (χ3n) is 5.03. The van der Waals surface area contributed by atoms with E-state index >= 15 is 0 Å². The minimum atomic E-state index is -0.953. The van der Waals surface area contributed by atoms with Crippen LogP contribution in [0, 0.1) is 0 Å². The Labute approximate surface area is 218 Å². The summed E-state index contributed by atoms with van der Waals surface area (Å²) >= 11 is 0. The van der Waals surface area contributed by atoms with E-state index in [1.54, 1.807) is 0 Å². The summed E-state index contributed by atoms with van der Waals surface area (Å²) in [5.74, 6) is 1.57. The monoisotopic (exact) mass is 560 g/mol. The minimum absolute atomic E-state index is 0.107. The SMILES string of the molecule is O=C(CCCC[C@@H]1CCSS1)OC[C@@H](O)CO.O=C(O)CCCC[C@@H]1CCSS1.OC[C@H]1CO1. The summed E-state index contributed by atoms with van der Waals surface area (Å²) in [5.41, 5.74) is 0. The van der Waals surface area contributed by atoms with Crippen molar-refractivity contribution in [1.82, 2.24) is 0 Å². The number of aliphatic hydroxyl groups is 3. The van der Waals surface area contributed by atoms with E-state index in [-0.39, 0.29) is 31.9 Å². The van der Waals surface area contributed by atoms with E-state index in [9.17, 15) is 9.59 Å². The summed E-state index contributed by atoms with van der Waals surface area (Å²) in [7, 11) is 7.81. The zero-order chi connectivity index (χ0) is 25.0. The van der Waals surface area contributed by atoms with Gasteiger partial charge in [0.15, 0.2) is 0 Å². The zero-order valence-electron chi connectivity index (χ0n) is 19.7. The first kappa shape index (κ1) is 32.2. The normalized spacial score (nSPS) is 23.8. The Morgan fingerprint density at radius 1 is 0.941 bits per heavy atom. The Balaban J connectivity index is 0.000000292. The molecule has 8 nitrogen and oxygen atoms in total. The van der Waals surface area contributed by atoms with E-state index in [4.69, 9.17) is 25.2 Å². The molecule has 0 unspecified atom stereocenters. The highest BCUT2D eigenvalue weighted by Gasteiger charge is 2.20. The van der Waals surface area contributed by atoms with Crippen molar-refractivity contribution in [3.8, 4) is 0 Å². The Morgan fingerprint density at radius 3 is 1.88 bits per heavy atom. The van der Waals surface area contributed by atoms with Gasteiger partial charge in [0.2, 0.25) is 0 Å². The van der Waals surface area contributed by atoms with Crippen molar-refractivity contribution >= 4 is 55.1 Å². The Kier molecular flexibility index (Phi) is 20.2. The van der Waals surface area contributed by atoms with Crippen LogP contribution in [0.1, 0.15) is 64.2 Å². The number of epoxide rings is 1. The zero-order valence-corrected chi connectivity index (χ0v) is 22.9. The molecule has 0 aromatic carbocycles. The number of carboxylic acids is 1. The summed E-state index contributed by atoms with van der Waals surface area (Å²) in [6.07, 6.45) is 8.75. The molecule has 4 atom stereocenters. The molecular formula is C22H40O8S4. The molecule has 3 saturated heterocycles. The molecule has 0 aromatic heterocycles. The number of hydrogen-bond donors (Lipinski definition) is 4. The lowest BCUT2D eigenvalue weighted by molar-refractivity contribution is -0.147. The lowest BCUT2D eigenvalue weighted by Gasteiger charge is -2.09. The van der Waals surface area contributed by atoms with Crippen molar-refractivity contribution in [2.75, 3.05) is 37.9 Å². The Hall–Kier alpha value is 0.180. The van der Waals surface area contributed by atoms with Gasteiger partial charge < -0.3 is 29.9 Å². The van der Waals surface area contributed by atoms with Crippen LogP contribution in [0.5, 0.6) is 0 Å². The van der Waals surface area contributed by atoms with E-state index in [2.05, 4.69) is 4.74 Å². The molecule has 3 fully saturated rings. The maximum atomic E-state index is 11.2. The van der Waals surface area contributed by atoms with Crippen LogP contribution < -0.4 is 0 Å². The molecule has 0 radical (unpaired) electrons. The van der Waals surface area contributed by atoms with Gasteiger partial charge in [-0.25, -0.2) is 0 Å². The summed E-state index contributed by atoms with van der Waals surface area (Å²) in [5, 5.41) is 35.6. The second-order valence-electron chi connectivity index (χ2n) is 8.20. The van der Waals surface area contributed by atoms with Gasteiger partial charge in [-0.1, -0.05) is 56.0 Å². The predicted octanol–water partition coefficient (Wildman–Crippen LogP) is 3.76. The Bertz CT molecular complexity index is 527. The van der Waals surface area contributed by atoms with E-state index in [1.807, 2.05) is 43.2 Å².